The van der Waals surface area contributed by atoms with Crippen molar-refractivity contribution >= 4 is 8.60 Å². The number of hydrogen-bond acceptors (Lipinski definition) is 3. The van der Waals surface area contributed by atoms with Crippen LogP contribution in [0.2, 0.25) is 0 Å². The zero-order chi connectivity index (χ0) is 4.20. The molecule has 0 saturated carbocycles. The van der Waals surface area contributed by atoms with Gasteiger partial charge in [0.2, 0.25) is 0 Å². The summed E-state index contributed by atoms with van der Waals surface area (Å²) in [5.41, 5.74) is 0. The lowest BCUT2D eigenvalue weighted by molar-refractivity contribution is -0.399. The van der Waals surface area contributed by atoms with Crippen LogP contribution in [0.1, 0.15) is 6.92 Å². The summed E-state index contributed by atoms with van der Waals surface area (Å²) in [5.74, 6) is -0.605. The third-order valence-electron chi connectivity index (χ3n) is 0.721. The Bertz CT molecular complexity index is 75.8. The van der Waals surface area contributed by atoms with Crippen LogP contribution < -0.4 is 0 Å². The zero-order valence-corrected chi connectivity index (χ0v) is 4.07. The molecule has 0 N–H and O–H groups in total. The van der Waals surface area contributed by atoms with E-state index in [0.717, 1.165) is 0 Å². The summed E-state index contributed by atoms with van der Waals surface area (Å²) < 4.78 is 14.5. The van der Waals surface area contributed by atoms with E-state index in [1.807, 2.05) is 0 Å². The van der Waals surface area contributed by atoms with Gasteiger partial charge < -0.3 is 0 Å². The van der Waals surface area contributed by atoms with Crippen LogP contribution in [0, 0.1) is 0 Å². The maximum Gasteiger partial charge on any atom is 0.346 e. The first-order chi connectivity index (χ1) is 2.79. The average molecular weight is 106 g/mol. The van der Waals surface area contributed by atoms with Gasteiger partial charge in [0.1, 0.15) is 0 Å². The molecule has 0 aromatic rings. The van der Waals surface area contributed by atoms with Gasteiger partial charge in [0.05, 0.1) is 0 Å². The highest BCUT2D eigenvalue weighted by molar-refractivity contribution is 7.45. The van der Waals surface area contributed by atoms with Gasteiger partial charge in [0, 0.05) is 6.92 Å². The van der Waals surface area contributed by atoms with Gasteiger partial charge >= 0.3 is 8.60 Å². The van der Waals surface area contributed by atoms with E-state index in [1.54, 1.807) is 6.92 Å². The lowest BCUT2D eigenvalue weighted by Gasteiger charge is -2.53. The van der Waals surface area contributed by atoms with Crippen LogP contribution in [0.25, 0.3) is 0 Å². The summed E-state index contributed by atoms with van der Waals surface area (Å²) in [5, 5.41) is 0. The van der Waals surface area contributed by atoms with Crippen molar-refractivity contribution < 1.29 is 13.6 Å². The van der Waals surface area contributed by atoms with E-state index >= 15 is 0 Å². The minimum atomic E-state index is -0.823. The standard InChI is InChI=1S/C2H3O3P/c1-2-3-6(4-2)5-2/h1H3. The maximum atomic E-state index is 4.84. The van der Waals surface area contributed by atoms with Gasteiger partial charge in [0.15, 0.2) is 0 Å². The molecule has 3 saturated heterocycles. The molecule has 0 spiro atoms. The fraction of sp³-hybridized carbons (Fsp3) is 1.00. The van der Waals surface area contributed by atoms with E-state index in [9.17, 15) is 0 Å². The summed E-state index contributed by atoms with van der Waals surface area (Å²) in [7, 11) is -0.823. The second-order valence-corrected chi connectivity index (χ2v) is 2.35. The summed E-state index contributed by atoms with van der Waals surface area (Å²) in [6.45, 7) is 1.75. The topological polar surface area (TPSA) is 27.7 Å². The molecule has 0 radical (unpaired) electrons. The Morgan fingerprint density at radius 1 is 1.33 bits per heavy atom. The lowest BCUT2D eigenvalue weighted by atomic mass is 10.7. The molecule has 0 amide bonds. The SMILES string of the molecule is CC12OP(O1)O2. The highest BCUT2D eigenvalue weighted by Gasteiger charge is 2.62. The molecule has 0 atom stereocenters. The molecule has 0 aliphatic carbocycles. The van der Waals surface area contributed by atoms with Crippen LogP contribution in [-0.2, 0) is 13.6 Å². The average Bonchev–Trinajstić information content (AvgIpc) is 1.24. The lowest BCUT2D eigenvalue weighted by Crippen LogP contribution is -2.51. The van der Waals surface area contributed by atoms with Crippen LogP contribution in [-0.4, -0.2) is 5.97 Å². The van der Waals surface area contributed by atoms with Crippen LogP contribution in [0.15, 0.2) is 0 Å². The van der Waals surface area contributed by atoms with Crippen LogP contribution in [0.3, 0.4) is 0 Å². The second kappa shape index (κ2) is 0.651. The minimum Gasteiger partial charge on any atom is -0.253 e. The van der Waals surface area contributed by atoms with E-state index in [0.29, 0.717) is 0 Å². The fourth-order valence-corrected chi connectivity index (χ4v) is 1.28. The van der Waals surface area contributed by atoms with Crippen molar-refractivity contribution in [3.05, 3.63) is 0 Å². The van der Waals surface area contributed by atoms with E-state index in [-0.39, 0.29) is 0 Å². The van der Waals surface area contributed by atoms with Crippen molar-refractivity contribution in [2.75, 3.05) is 0 Å². The van der Waals surface area contributed by atoms with Gasteiger partial charge in [-0.2, -0.15) is 0 Å². The first kappa shape index (κ1) is 3.33. The van der Waals surface area contributed by atoms with E-state index < -0.39 is 14.6 Å². The monoisotopic (exact) mass is 106 g/mol. The third-order valence-corrected chi connectivity index (χ3v) is 2.16. The highest BCUT2D eigenvalue weighted by Crippen LogP contribution is 2.73. The van der Waals surface area contributed by atoms with E-state index in [4.69, 9.17) is 13.6 Å². The van der Waals surface area contributed by atoms with Gasteiger partial charge in [-0.3, -0.25) is 13.6 Å². The Kier molecular flexibility index (Phi) is 0.361. The molecule has 3 aliphatic heterocycles. The normalized spacial score (nSPS) is 62.5. The minimum absolute atomic E-state index is 0.605. The van der Waals surface area contributed by atoms with Gasteiger partial charge in [-0.1, -0.05) is 0 Å². The largest absolute Gasteiger partial charge is 0.346 e. The Morgan fingerprint density at radius 3 is 1.67 bits per heavy atom. The first-order valence-electron chi connectivity index (χ1n) is 1.66. The molecule has 3 heterocycles. The predicted molar refractivity (Wildman–Crippen MR) is 18.6 cm³/mol. The second-order valence-electron chi connectivity index (χ2n) is 1.36. The van der Waals surface area contributed by atoms with E-state index in [1.165, 1.54) is 0 Å². The first-order valence-corrected chi connectivity index (χ1v) is 2.76. The van der Waals surface area contributed by atoms with Crippen molar-refractivity contribution in [2.45, 2.75) is 12.9 Å². The molecule has 2 bridgehead atoms. The number of rotatable bonds is 0. The third kappa shape index (κ3) is 0.201. The Hall–Kier alpha value is 0.310. The van der Waals surface area contributed by atoms with Crippen molar-refractivity contribution in [2.24, 2.45) is 0 Å². The Balaban J connectivity index is 2.19. The molecule has 3 aliphatic rings. The van der Waals surface area contributed by atoms with E-state index in [2.05, 4.69) is 0 Å². The molecule has 0 aromatic heterocycles. The molecular formula is C2H3O3P. The molecule has 3 rings (SSSR count). The Labute approximate surface area is 36.2 Å². The molecule has 0 unspecified atom stereocenters. The van der Waals surface area contributed by atoms with Crippen LogP contribution >= 0.6 is 8.60 Å². The molecule has 3 nitrogen and oxygen atoms in total. The molecule has 0 aromatic carbocycles. The molecule has 34 valence electrons. The molecule has 3 fully saturated rings. The van der Waals surface area contributed by atoms with Gasteiger partial charge in [-0.15, -0.1) is 0 Å². The predicted octanol–water partition coefficient (Wildman–Crippen LogP) is 0.964. The van der Waals surface area contributed by atoms with Gasteiger partial charge in [-0.25, -0.2) is 0 Å². The van der Waals surface area contributed by atoms with Crippen molar-refractivity contribution in [3.63, 3.8) is 0 Å². The summed E-state index contributed by atoms with van der Waals surface area (Å²) in [6.07, 6.45) is 0. The van der Waals surface area contributed by atoms with Crippen molar-refractivity contribution in [3.8, 4) is 0 Å². The van der Waals surface area contributed by atoms with Gasteiger partial charge in [0.25, 0.3) is 5.97 Å². The summed E-state index contributed by atoms with van der Waals surface area (Å²) >= 11 is 0. The fourth-order valence-electron chi connectivity index (χ4n) is 0.427. The Morgan fingerprint density at radius 2 is 1.67 bits per heavy atom. The van der Waals surface area contributed by atoms with Gasteiger partial charge in [-0.05, 0) is 0 Å². The molecule has 4 heteroatoms. The van der Waals surface area contributed by atoms with Crippen LogP contribution in [0.4, 0.5) is 0 Å². The highest BCUT2D eigenvalue weighted by atomic mass is 31.2. The number of hydrogen-bond donors (Lipinski definition) is 0. The maximum absolute atomic E-state index is 4.84. The van der Waals surface area contributed by atoms with Crippen molar-refractivity contribution in [1.29, 1.82) is 0 Å². The summed E-state index contributed by atoms with van der Waals surface area (Å²) in [6, 6.07) is 0. The quantitative estimate of drug-likeness (QED) is 0.430. The zero-order valence-electron chi connectivity index (χ0n) is 3.17. The van der Waals surface area contributed by atoms with Crippen LogP contribution in [0.5, 0.6) is 0 Å². The molecular weight excluding hydrogens is 103 g/mol. The van der Waals surface area contributed by atoms with Crippen molar-refractivity contribution in [1.82, 2.24) is 0 Å². The molecule has 6 heavy (non-hydrogen) atoms. The smallest absolute Gasteiger partial charge is 0.253 e. The summed E-state index contributed by atoms with van der Waals surface area (Å²) in [4.78, 5) is 0.